The van der Waals surface area contributed by atoms with Gasteiger partial charge in [0.2, 0.25) is 0 Å². The largest absolute Gasteiger partial charge is 0.335 e. The Kier molecular flexibility index (Phi) is 6.56. The molecule has 1 atom stereocenters. The van der Waals surface area contributed by atoms with Gasteiger partial charge in [-0.2, -0.15) is 0 Å². The lowest BCUT2D eigenvalue weighted by Gasteiger charge is -2.30. The van der Waals surface area contributed by atoms with Gasteiger partial charge >= 0.3 is 0 Å². The van der Waals surface area contributed by atoms with Crippen LogP contribution in [0.25, 0.3) is 0 Å². The highest BCUT2D eigenvalue weighted by atomic mass is 127. The molecule has 5 heteroatoms. The summed E-state index contributed by atoms with van der Waals surface area (Å²) >= 11 is 8.16. The zero-order chi connectivity index (χ0) is 14.6. The van der Waals surface area contributed by atoms with Crippen molar-refractivity contribution in [3.8, 4) is 0 Å². The first kappa shape index (κ1) is 16.7. The van der Waals surface area contributed by atoms with Crippen molar-refractivity contribution >= 4 is 40.1 Å². The Balaban J connectivity index is 2.98. The van der Waals surface area contributed by atoms with Gasteiger partial charge in [0, 0.05) is 27.7 Å². The molecule has 1 aromatic rings. The first-order valence-electron chi connectivity index (χ1n) is 6.27. The summed E-state index contributed by atoms with van der Waals surface area (Å²) in [6, 6.07) is 5.60. The molecule has 0 aliphatic heterocycles. The Bertz CT molecular complexity index is 451. The number of halogens is 2. The third-order valence-corrected chi connectivity index (χ3v) is 4.10. The van der Waals surface area contributed by atoms with Crippen LogP contribution in [-0.4, -0.2) is 48.9 Å². The van der Waals surface area contributed by atoms with E-state index in [2.05, 4.69) is 34.4 Å². The zero-order valence-corrected chi connectivity index (χ0v) is 14.7. The molecule has 1 amide bonds. The van der Waals surface area contributed by atoms with E-state index in [0.29, 0.717) is 17.1 Å². The van der Waals surface area contributed by atoms with Crippen molar-refractivity contribution < 1.29 is 4.79 Å². The molecule has 0 saturated carbocycles. The minimum atomic E-state index is 0.0451. The highest BCUT2D eigenvalue weighted by molar-refractivity contribution is 14.1. The molecule has 1 rings (SSSR count). The second-order valence-electron chi connectivity index (χ2n) is 4.83. The number of rotatable bonds is 5. The number of amides is 1. The van der Waals surface area contributed by atoms with E-state index < -0.39 is 0 Å². The van der Waals surface area contributed by atoms with E-state index in [1.165, 1.54) is 0 Å². The van der Waals surface area contributed by atoms with Gasteiger partial charge < -0.3 is 9.80 Å². The van der Waals surface area contributed by atoms with Gasteiger partial charge in [0.15, 0.2) is 0 Å². The van der Waals surface area contributed by atoms with E-state index in [9.17, 15) is 4.79 Å². The maximum atomic E-state index is 12.6. The number of benzene rings is 1. The van der Waals surface area contributed by atoms with Crippen LogP contribution in [0, 0.1) is 3.57 Å². The van der Waals surface area contributed by atoms with Crippen LogP contribution in [0.5, 0.6) is 0 Å². The molecule has 106 valence electrons. The molecule has 0 bridgehead atoms. The van der Waals surface area contributed by atoms with Crippen molar-refractivity contribution in [3.63, 3.8) is 0 Å². The highest BCUT2D eigenvalue weighted by Crippen LogP contribution is 2.20. The molecular formula is C14H20ClIN2O. The Morgan fingerprint density at radius 1 is 1.42 bits per heavy atom. The molecule has 3 nitrogen and oxygen atoms in total. The predicted molar refractivity (Wildman–Crippen MR) is 88.9 cm³/mol. The van der Waals surface area contributed by atoms with Crippen LogP contribution in [0.3, 0.4) is 0 Å². The number of hydrogen-bond acceptors (Lipinski definition) is 2. The van der Waals surface area contributed by atoms with Gasteiger partial charge in [-0.25, -0.2) is 0 Å². The topological polar surface area (TPSA) is 23.6 Å². The molecule has 1 unspecified atom stereocenters. The summed E-state index contributed by atoms with van der Waals surface area (Å²) in [5.41, 5.74) is 0.681. The van der Waals surface area contributed by atoms with Crippen molar-refractivity contribution in [3.05, 3.63) is 32.4 Å². The monoisotopic (exact) mass is 394 g/mol. The Hall–Kier alpha value is -0.330. The van der Waals surface area contributed by atoms with Gasteiger partial charge in [-0.05, 0) is 68.7 Å². The van der Waals surface area contributed by atoms with Gasteiger partial charge in [0.25, 0.3) is 5.91 Å². The molecule has 1 aromatic carbocycles. The second-order valence-corrected chi connectivity index (χ2v) is 6.43. The van der Waals surface area contributed by atoms with E-state index in [0.717, 1.165) is 10.1 Å². The van der Waals surface area contributed by atoms with Crippen LogP contribution in [-0.2, 0) is 0 Å². The predicted octanol–water partition coefficient (Wildman–Crippen LogP) is 3.36. The van der Waals surface area contributed by atoms with Crippen LogP contribution >= 0.6 is 34.2 Å². The minimum absolute atomic E-state index is 0.0451. The summed E-state index contributed by atoms with van der Waals surface area (Å²) < 4.78 is 0.933. The normalized spacial score (nSPS) is 12.6. The summed E-state index contributed by atoms with van der Waals surface area (Å²) in [6.45, 7) is 5.60. The summed E-state index contributed by atoms with van der Waals surface area (Å²) in [6.07, 6.45) is 0. The van der Waals surface area contributed by atoms with E-state index in [1.807, 2.05) is 32.0 Å². The number of carbonyl (C=O) groups excluding carboxylic acids is 1. The maximum Gasteiger partial charge on any atom is 0.255 e. The van der Waals surface area contributed by atoms with Crippen molar-refractivity contribution in [2.75, 3.05) is 27.2 Å². The van der Waals surface area contributed by atoms with Gasteiger partial charge in [-0.3, -0.25) is 4.79 Å². The summed E-state index contributed by atoms with van der Waals surface area (Å²) in [5, 5.41) is 0.597. The van der Waals surface area contributed by atoms with Gasteiger partial charge in [-0.15, -0.1) is 0 Å². The third-order valence-electron chi connectivity index (χ3n) is 2.92. The molecule has 19 heavy (non-hydrogen) atoms. The SMILES string of the molecule is CCN(C(=O)c1cc(Cl)ccc1I)C(C)CN(C)C. The van der Waals surface area contributed by atoms with E-state index >= 15 is 0 Å². The maximum absolute atomic E-state index is 12.6. The minimum Gasteiger partial charge on any atom is -0.335 e. The van der Waals surface area contributed by atoms with E-state index in [4.69, 9.17) is 11.6 Å². The van der Waals surface area contributed by atoms with Crippen molar-refractivity contribution in [2.45, 2.75) is 19.9 Å². The Labute approximate surface area is 134 Å². The molecule has 0 fully saturated rings. The molecule has 0 aliphatic carbocycles. The first-order valence-corrected chi connectivity index (χ1v) is 7.73. The molecule has 0 N–H and O–H groups in total. The van der Waals surface area contributed by atoms with Crippen LogP contribution in [0.15, 0.2) is 18.2 Å². The summed E-state index contributed by atoms with van der Waals surface area (Å²) in [7, 11) is 4.02. The van der Waals surface area contributed by atoms with Crippen molar-refractivity contribution in [2.24, 2.45) is 0 Å². The molecule has 0 spiro atoms. The van der Waals surface area contributed by atoms with Crippen molar-refractivity contribution in [1.29, 1.82) is 0 Å². The van der Waals surface area contributed by atoms with Gasteiger partial charge in [0.05, 0.1) is 5.56 Å². The fourth-order valence-electron chi connectivity index (χ4n) is 2.10. The molecule has 0 aliphatic rings. The van der Waals surface area contributed by atoms with Gasteiger partial charge in [0.1, 0.15) is 0 Å². The van der Waals surface area contributed by atoms with E-state index in [-0.39, 0.29) is 11.9 Å². The molecule has 0 heterocycles. The van der Waals surface area contributed by atoms with Crippen LogP contribution < -0.4 is 0 Å². The number of hydrogen-bond donors (Lipinski definition) is 0. The van der Waals surface area contributed by atoms with Crippen LogP contribution in [0.2, 0.25) is 5.02 Å². The highest BCUT2D eigenvalue weighted by Gasteiger charge is 2.22. The second kappa shape index (κ2) is 7.45. The fourth-order valence-corrected chi connectivity index (χ4v) is 2.84. The van der Waals surface area contributed by atoms with Crippen LogP contribution in [0.4, 0.5) is 0 Å². The quantitative estimate of drug-likeness (QED) is 0.715. The fraction of sp³-hybridized carbons (Fsp3) is 0.500. The molecule has 0 saturated heterocycles. The first-order chi connectivity index (χ1) is 8.86. The average molecular weight is 395 g/mol. The lowest BCUT2D eigenvalue weighted by atomic mass is 10.1. The summed E-state index contributed by atoms with van der Waals surface area (Å²) in [4.78, 5) is 16.6. The number of nitrogens with zero attached hydrogens (tertiary/aromatic N) is 2. The molecule has 0 aromatic heterocycles. The lowest BCUT2D eigenvalue weighted by molar-refractivity contribution is 0.0678. The molecule has 0 radical (unpaired) electrons. The van der Waals surface area contributed by atoms with E-state index in [1.54, 1.807) is 12.1 Å². The molecular weight excluding hydrogens is 375 g/mol. The van der Waals surface area contributed by atoms with Crippen molar-refractivity contribution in [1.82, 2.24) is 9.80 Å². The smallest absolute Gasteiger partial charge is 0.255 e. The lowest BCUT2D eigenvalue weighted by Crippen LogP contribution is -2.43. The van der Waals surface area contributed by atoms with Crippen LogP contribution in [0.1, 0.15) is 24.2 Å². The average Bonchev–Trinajstić information content (AvgIpc) is 2.32. The third kappa shape index (κ3) is 4.61. The Morgan fingerprint density at radius 2 is 2.05 bits per heavy atom. The zero-order valence-electron chi connectivity index (χ0n) is 11.8. The Morgan fingerprint density at radius 3 is 2.58 bits per heavy atom. The summed E-state index contributed by atoms with van der Waals surface area (Å²) in [5.74, 6) is 0.0451. The number of likely N-dealkylation sites (N-methyl/N-ethyl adjacent to an activating group) is 2. The standard InChI is InChI=1S/C14H20ClIN2O/c1-5-18(10(2)9-17(3)4)14(19)12-8-11(15)6-7-13(12)16/h6-8,10H,5,9H2,1-4H3. The van der Waals surface area contributed by atoms with Gasteiger partial charge in [-0.1, -0.05) is 11.6 Å². The number of carbonyl (C=O) groups is 1.